The molecule has 0 unspecified atom stereocenters. The SMILES string of the molecule is C[C@@H](NCc1ccc(-c2ccc(Cl)cc2)o1)c1cccs1. The van der Waals surface area contributed by atoms with Crippen molar-refractivity contribution < 1.29 is 4.42 Å². The highest BCUT2D eigenvalue weighted by atomic mass is 35.5. The molecule has 4 heteroatoms. The first kappa shape index (κ1) is 14.4. The van der Waals surface area contributed by atoms with E-state index in [0.717, 1.165) is 22.1 Å². The largest absolute Gasteiger partial charge is 0.460 e. The van der Waals surface area contributed by atoms with Crippen molar-refractivity contribution >= 4 is 22.9 Å². The van der Waals surface area contributed by atoms with E-state index in [1.54, 1.807) is 11.3 Å². The number of benzene rings is 1. The number of halogens is 1. The molecular weight excluding hydrogens is 302 g/mol. The lowest BCUT2D eigenvalue weighted by molar-refractivity contribution is 0.470. The second-order valence-corrected chi connectivity index (χ2v) is 6.31. The molecule has 21 heavy (non-hydrogen) atoms. The van der Waals surface area contributed by atoms with Crippen LogP contribution in [0.2, 0.25) is 5.02 Å². The number of rotatable bonds is 5. The van der Waals surface area contributed by atoms with Crippen molar-refractivity contribution in [2.45, 2.75) is 19.5 Å². The fourth-order valence-electron chi connectivity index (χ4n) is 2.13. The molecule has 0 spiro atoms. The second-order valence-electron chi connectivity index (χ2n) is 4.89. The molecular formula is C17H16ClNOS. The van der Waals surface area contributed by atoms with E-state index in [2.05, 4.69) is 29.8 Å². The minimum Gasteiger partial charge on any atom is -0.460 e. The van der Waals surface area contributed by atoms with Gasteiger partial charge >= 0.3 is 0 Å². The zero-order valence-corrected chi connectivity index (χ0v) is 13.2. The molecule has 2 nitrogen and oxygen atoms in total. The minimum absolute atomic E-state index is 0.328. The molecule has 0 aliphatic heterocycles. The van der Waals surface area contributed by atoms with Crippen LogP contribution in [-0.2, 0) is 6.54 Å². The van der Waals surface area contributed by atoms with E-state index in [-0.39, 0.29) is 0 Å². The Labute approximate surface area is 133 Å². The van der Waals surface area contributed by atoms with Crippen LogP contribution in [0.1, 0.15) is 23.6 Å². The summed E-state index contributed by atoms with van der Waals surface area (Å²) in [5, 5.41) is 6.30. The molecule has 0 bridgehead atoms. The molecule has 0 saturated carbocycles. The smallest absolute Gasteiger partial charge is 0.134 e. The monoisotopic (exact) mass is 317 g/mol. The van der Waals surface area contributed by atoms with Crippen molar-refractivity contribution in [1.82, 2.24) is 5.32 Å². The van der Waals surface area contributed by atoms with Crippen LogP contribution in [-0.4, -0.2) is 0 Å². The lowest BCUT2D eigenvalue weighted by atomic mass is 10.2. The first-order valence-corrected chi connectivity index (χ1v) is 8.09. The third-order valence-corrected chi connectivity index (χ3v) is 4.65. The van der Waals surface area contributed by atoms with Crippen LogP contribution in [0.3, 0.4) is 0 Å². The molecule has 3 rings (SSSR count). The van der Waals surface area contributed by atoms with Gasteiger partial charge in [0, 0.05) is 21.5 Å². The van der Waals surface area contributed by atoms with Crippen LogP contribution in [0.5, 0.6) is 0 Å². The molecule has 0 aliphatic rings. The van der Waals surface area contributed by atoms with Crippen molar-refractivity contribution in [2.75, 3.05) is 0 Å². The van der Waals surface area contributed by atoms with Crippen LogP contribution in [0.25, 0.3) is 11.3 Å². The first-order chi connectivity index (χ1) is 10.2. The van der Waals surface area contributed by atoms with E-state index in [4.69, 9.17) is 16.0 Å². The number of furan rings is 1. The summed E-state index contributed by atoms with van der Waals surface area (Å²) in [6, 6.07) is 16.2. The van der Waals surface area contributed by atoms with Crippen LogP contribution in [0, 0.1) is 0 Å². The predicted molar refractivity (Wildman–Crippen MR) is 88.7 cm³/mol. The molecule has 1 atom stereocenters. The Morgan fingerprint density at radius 2 is 1.95 bits per heavy atom. The Bertz CT molecular complexity index is 688. The number of thiophene rings is 1. The summed E-state index contributed by atoms with van der Waals surface area (Å²) in [6.45, 7) is 2.88. The zero-order chi connectivity index (χ0) is 14.7. The third kappa shape index (κ3) is 3.56. The lowest BCUT2D eigenvalue weighted by Gasteiger charge is -2.10. The summed E-state index contributed by atoms with van der Waals surface area (Å²) in [4.78, 5) is 1.33. The van der Waals surface area contributed by atoms with Crippen LogP contribution < -0.4 is 5.32 Å². The normalized spacial score (nSPS) is 12.5. The Kier molecular flexibility index (Phi) is 4.44. The maximum Gasteiger partial charge on any atom is 0.134 e. The molecule has 2 aromatic heterocycles. The molecule has 0 amide bonds. The van der Waals surface area contributed by atoms with Gasteiger partial charge in [0.1, 0.15) is 11.5 Å². The third-order valence-electron chi connectivity index (χ3n) is 3.34. The Hall–Kier alpha value is -1.55. The van der Waals surface area contributed by atoms with Gasteiger partial charge in [-0.25, -0.2) is 0 Å². The highest BCUT2D eigenvalue weighted by molar-refractivity contribution is 7.10. The van der Waals surface area contributed by atoms with Gasteiger partial charge < -0.3 is 9.73 Å². The van der Waals surface area contributed by atoms with E-state index >= 15 is 0 Å². The predicted octanol–water partition coefficient (Wildman–Crippen LogP) is 5.51. The summed E-state index contributed by atoms with van der Waals surface area (Å²) in [5.41, 5.74) is 1.04. The van der Waals surface area contributed by atoms with Crippen molar-refractivity contribution in [3.8, 4) is 11.3 Å². The van der Waals surface area contributed by atoms with Crippen LogP contribution in [0.15, 0.2) is 58.3 Å². The molecule has 3 aromatic rings. The number of hydrogen-bond donors (Lipinski definition) is 1. The van der Waals surface area contributed by atoms with Crippen molar-refractivity contribution in [2.24, 2.45) is 0 Å². The first-order valence-electron chi connectivity index (χ1n) is 6.84. The number of nitrogens with one attached hydrogen (secondary N) is 1. The van der Waals surface area contributed by atoms with E-state index < -0.39 is 0 Å². The standard InChI is InChI=1S/C17H16ClNOS/c1-12(17-3-2-10-21-17)19-11-15-8-9-16(20-15)13-4-6-14(18)7-5-13/h2-10,12,19H,11H2,1H3/t12-/m1/s1. The van der Waals surface area contributed by atoms with E-state index in [0.29, 0.717) is 12.6 Å². The molecule has 2 heterocycles. The van der Waals surface area contributed by atoms with Gasteiger partial charge in [0.15, 0.2) is 0 Å². The quantitative estimate of drug-likeness (QED) is 0.671. The Morgan fingerprint density at radius 1 is 1.14 bits per heavy atom. The Morgan fingerprint density at radius 3 is 2.67 bits per heavy atom. The molecule has 0 saturated heterocycles. The average Bonchev–Trinajstić information content (AvgIpc) is 3.17. The molecule has 0 fully saturated rings. The molecule has 1 N–H and O–H groups in total. The zero-order valence-electron chi connectivity index (χ0n) is 11.7. The highest BCUT2D eigenvalue weighted by Gasteiger charge is 2.08. The fourth-order valence-corrected chi connectivity index (χ4v) is 3.02. The topological polar surface area (TPSA) is 25.2 Å². The van der Waals surface area contributed by atoms with Gasteiger partial charge in [-0.05, 0) is 54.8 Å². The summed E-state index contributed by atoms with van der Waals surface area (Å²) < 4.78 is 5.88. The van der Waals surface area contributed by atoms with Gasteiger partial charge in [-0.3, -0.25) is 0 Å². The summed E-state index contributed by atoms with van der Waals surface area (Å²) in [7, 11) is 0. The van der Waals surface area contributed by atoms with Gasteiger partial charge in [0.05, 0.1) is 6.54 Å². The van der Waals surface area contributed by atoms with Crippen molar-refractivity contribution in [1.29, 1.82) is 0 Å². The lowest BCUT2D eigenvalue weighted by Crippen LogP contribution is -2.16. The average molecular weight is 318 g/mol. The van der Waals surface area contributed by atoms with E-state index in [9.17, 15) is 0 Å². The van der Waals surface area contributed by atoms with E-state index in [1.807, 2.05) is 36.4 Å². The van der Waals surface area contributed by atoms with Gasteiger partial charge in [0.25, 0.3) is 0 Å². The Balaban J connectivity index is 1.64. The second kappa shape index (κ2) is 6.48. The highest BCUT2D eigenvalue weighted by Crippen LogP contribution is 2.24. The van der Waals surface area contributed by atoms with Gasteiger partial charge in [-0.2, -0.15) is 0 Å². The minimum atomic E-state index is 0.328. The van der Waals surface area contributed by atoms with Gasteiger partial charge in [0.2, 0.25) is 0 Å². The van der Waals surface area contributed by atoms with Gasteiger partial charge in [-0.1, -0.05) is 17.7 Å². The molecule has 108 valence electrons. The van der Waals surface area contributed by atoms with Crippen molar-refractivity contribution in [3.05, 3.63) is 69.6 Å². The molecule has 0 aliphatic carbocycles. The van der Waals surface area contributed by atoms with Crippen LogP contribution >= 0.6 is 22.9 Å². The molecule has 1 aromatic carbocycles. The van der Waals surface area contributed by atoms with Crippen molar-refractivity contribution in [3.63, 3.8) is 0 Å². The summed E-state index contributed by atoms with van der Waals surface area (Å²) >= 11 is 7.66. The van der Waals surface area contributed by atoms with Gasteiger partial charge in [-0.15, -0.1) is 11.3 Å². The van der Waals surface area contributed by atoms with Crippen LogP contribution in [0.4, 0.5) is 0 Å². The van der Waals surface area contributed by atoms with E-state index in [1.165, 1.54) is 4.88 Å². The summed E-state index contributed by atoms with van der Waals surface area (Å²) in [6.07, 6.45) is 0. The summed E-state index contributed by atoms with van der Waals surface area (Å²) in [5.74, 6) is 1.80. The fraction of sp³-hybridized carbons (Fsp3) is 0.176. The maximum absolute atomic E-state index is 5.90. The molecule has 0 radical (unpaired) electrons. The number of hydrogen-bond acceptors (Lipinski definition) is 3. The maximum atomic E-state index is 5.90.